The predicted octanol–water partition coefficient (Wildman–Crippen LogP) is 2.63. The first-order valence-corrected chi connectivity index (χ1v) is 7.23. The van der Waals surface area contributed by atoms with Gasteiger partial charge in [-0.15, -0.1) is 0 Å². The Morgan fingerprint density at radius 1 is 1.35 bits per heavy atom. The lowest BCUT2D eigenvalue weighted by Crippen LogP contribution is -2.46. The first-order valence-electron chi connectivity index (χ1n) is 7.23. The van der Waals surface area contributed by atoms with Crippen LogP contribution >= 0.6 is 0 Å². The van der Waals surface area contributed by atoms with Crippen LogP contribution in [0.15, 0.2) is 10.8 Å². The molecule has 0 spiro atoms. The molecule has 5 heteroatoms. The number of amides is 1. The van der Waals surface area contributed by atoms with Crippen molar-refractivity contribution < 1.29 is 13.9 Å². The molecule has 1 aliphatic heterocycles. The summed E-state index contributed by atoms with van der Waals surface area (Å²) in [7, 11) is 0. The molecule has 110 valence electrons. The zero-order chi connectivity index (χ0) is 14.5. The summed E-state index contributed by atoms with van der Waals surface area (Å²) in [4.78, 5) is 16.5. The molecule has 0 radical (unpaired) electrons. The average molecular weight is 278 g/mol. The van der Waals surface area contributed by atoms with Gasteiger partial charge in [-0.05, 0) is 47.0 Å². The molecule has 0 aromatic carbocycles. The molecule has 1 atom stereocenters. The normalized spacial score (nSPS) is 27.5. The van der Waals surface area contributed by atoms with Crippen LogP contribution in [0, 0.1) is 0 Å². The van der Waals surface area contributed by atoms with E-state index in [4.69, 9.17) is 9.15 Å². The summed E-state index contributed by atoms with van der Waals surface area (Å²) in [6.45, 7) is 8.12. The van der Waals surface area contributed by atoms with Crippen molar-refractivity contribution >= 4 is 5.91 Å². The maximum absolute atomic E-state index is 12.4. The average Bonchev–Trinajstić information content (AvgIpc) is 2.98. The largest absolute Gasteiger partial charge is 0.447 e. The fraction of sp³-hybridized carbons (Fsp3) is 0.733. The molecule has 2 fully saturated rings. The molecule has 1 aromatic rings. The van der Waals surface area contributed by atoms with Crippen molar-refractivity contribution in [2.75, 3.05) is 0 Å². The number of nitrogens with one attached hydrogen (secondary N) is 1. The highest BCUT2D eigenvalue weighted by Gasteiger charge is 2.47. The summed E-state index contributed by atoms with van der Waals surface area (Å²) in [5, 5.41) is 3.06. The molecule has 0 bridgehead atoms. The van der Waals surface area contributed by atoms with Crippen molar-refractivity contribution in [1.29, 1.82) is 0 Å². The summed E-state index contributed by atoms with van der Waals surface area (Å²) < 4.78 is 11.4. The molecule has 1 aromatic heterocycles. The van der Waals surface area contributed by atoms with Crippen molar-refractivity contribution in [3.63, 3.8) is 0 Å². The van der Waals surface area contributed by atoms with E-state index in [0.717, 1.165) is 25.0 Å². The van der Waals surface area contributed by atoms with Crippen molar-refractivity contribution in [3.8, 4) is 0 Å². The van der Waals surface area contributed by atoms with E-state index in [1.165, 1.54) is 6.39 Å². The summed E-state index contributed by atoms with van der Waals surface area (Å²) in [6, 6.07) is -0.0197. The van der Waals surface area contributed by atoms with Crippen molar-refractivity contribution in [1.82, 2.24) is 10.3 Å². The number of rotatable bonds is 3. The first-order chi connectivity index (χ1) is 9.28. The first kappa shape index (κ1) is 13.6. The predicted molar refractivity (Wildman–Crippen MR) is 73.6 cm³/mol. The fourth-order valence-corrected chi connectivity index (χ4v) is 3.07. The molecule has 3 rings (SSSR count). The second kappa shape index (κ2) is 4.32. The van der Waals surface area contributed by atoms with Crippen LogP contribution < -0.4 is 5.32 Å². The number of nitrogens with zero attached hydrogens (tertiary/aromatic N) is 1. The van der Waals surface area contributed by atoms with Crippen LogP contribution in [0.1, 0.15) is 69.1 Å². The third kappa shape index (κ3) is 2.46. The van der Waals surface area contributed by atoms with E-state index in [1.807, 2.05) is 27.7 Å². The zero-order valence-electron chi connectivity index (χ0n) is 12.5. The number of oxazole rings is 1. The number of aromatic nitrogens is 1. The van der Waals surface area contributed by atoms with Crippen LogP contribution in [0.2, 0.25) is 0 Å². The van der Waals surface area contributed by atoms with Gasteiger partial charge in [0, 0.05) is 5.92 Å². The van der Waals surface area contributed by atoms with Crippen LogP contribution in [0.4, 0.5) is 0 Å². The van der Waals surface area contributed by atoms with Gasteiger partial charge in [0.1, 0.15) is 5.76 Å². The van der Waals surface area contributed by atoms with Gasteiger partial charge in [0.25, 0.3) is 5.91 Å². The summed E-state index contributed by atoms with van der Waals surface area (Å²) in [5.74, 6) is 0.959. The topological polar surface area (TPSA) is 64.4 Å². The second-order valence-electron chi connectivity index (χ2n) is 7.03. The maximum Gasteiger partial charge on any atom is 0.273 e. The van der Waals surface area contributed by atoms with Gasteiger partial charge in [-0.2, -0.15) is 0 Å². The van der Waals surface area contributed by atoms with E-state index in [2.05, 4.69) is 10.3 Å². The Kier molecular flexibility index (Phi) is 2.94. The van der Waals surface area contributed by atoms with E-state index >= 15 is 0 Å². The Balaban J connectivity index is 1.74. The van der Waals surface area contributed by atoms with Crippen LogP contribution in [0.3, 0.4) is 0 Å². The number of carbonyl (C=O) groups excluding carboxylic acids is 1. The van der Waals surface area contributed by atoms with Gasteiger partial charge >= 0.3 is 0 Å². The zero-order valence-corrected chi connectivity index (χ0v) is 12.5. The van der Waals surface area contributed by atoms with E-state index < -0.39 is 0 Å². The van der Waals surface area contributed by atoms with E-state index in [-0.39, 0.29) is 23.2 Å². The highest BCUT2D eigenvalue weighted by Crippen LogP contribution is 2.42. The van der Waals surface area contributed by atoms with Crippen molar-refractivity contribution in [2.45, 2.75) is 70.1 Å². The van der Waals surface area contributed by atoms with Gasteiger partial charge in [0.2, 0.25) is 0 Å². The molecule has 1 saturated heterocycles. The molecular weight excluding hydrogens is 256 g/mol. The summed E-state index contributed by atoms with van der Waals surface area (Å²) >= 11 is 0. The minimum absolute atomic E-state index is 0.0197. The molecule has 1 saturated carbocycles. The van der Waals surface area contributed by atoms with E-state index in [0.29, 0.717) is 11.6 Å². The van der Waals surface area contributed by atoms with Gasteiger partial charge < -0.3 is 14.5 Å². The van der Waals surface area contributed by atoms with Gasteiger partial charge in [-0.25, -0.2) is 4.98 Å². The van der Waals surface area contributed by atoms with Crippen LogP contribution in [0.25, 0.3) is 0 Å². The third-order valence-corrected chi connectivity index (χ3v) is 4.14. The number of ether oxygens (including phenoxy) is 1. The van der Waals surface area contributed by atoms with Gasteiger partial charge in [0.15, 0.2) is 12.1 Å². The Morgan fingerprint density at radius 3 is 2.60 bits per heavy atom. The van der Waals surface area contributed by atoms with Gasteiger partial charge in [0.05, 0.1) is 17.2 Å². The number of carbonyl (C=O) groups is 1. The Bertz CT molecular complexity index is 529. The lowest BCUT2D eigenvalue weighted by Gasteiger charge is -2.27. The Labute approximate surface area is 119 Å². The molecule has 2 heterocycles. The van der Waals surface area contributed by atoms with Crippen molar-refractivity contribution in [2.24, 2.45) is 0 Å². The lowest BCUT2D eigenvalue weighted by molar-refractivity contribution is -0.0693. The molecule has 1 amide bonds. The summed E-state index contributed by atoms with van der Waals surface area (Å²) in [6.07, 6.45) is 4.33. The SMILES string of the molecule is CC1(C)C[C@H](NC(=O)c2ncoc2C2CC2)C(C)(C)O1. The standard InChI is InChI=1S/C15H22N2O3/c1-14(2)7-10(15(3,4)20-14)17-13(18)11-12(9-5-6-9)19-8-16-11/h8-10H,5-7H2,1-4H3,(H,17,18)/t10-/m0/s1. The van der Waals surface area contributed by atoms with Crippen LogP contribution in [0.5, 0.6) is 0 Å². The lowest BCUT2D eigenvalue weighted by atomic mass is 9.94. The maximum atomic E-state index is 12.4. The number of hydrogen-bond acceptors (Lipinski definition) is 4. The second-order valence-corrected chi connectivity index (χ2v) is 7.03. The highest BCUT2D eigenvalue weighted by atomic mass is 16.5. The number of hydrogen-bond donors (Lipinski definition) is 1. The molecule has 1 N–H and O–H groups in total. The molecule has 2 aliphatic rings. The van der Waals surface area contributed by atoms with E-state index in [9.17, 15) is 4.79 Å². The monoisotopic (exact) mass is 278 g/mol. The Hall–Kier alpha value is -1.36. The summed E-state index contributed by atoms with van der Waals surface area (Å²) in [5.41, 5.74) is -0.152. The van der Waals surface area contributed by atoms with Gasteiger partial charge in [-0.3, -0.25) is 4.79 Å². The minimum Gasteiger partial charge on any atom is -0.447 e. The van der Waals surface area contributed by atoms with Crippen LogP contribution in [-0.4, -0.2) is 28.1 Å². The Morgan fingerprint density at radius 2 is 2.05 bits per heavy atom. The minimum atomic E-state index is -0.372. The molecule has 20 heavy (non-hydrogen) atoms. The van der Waals surface area contributed by atoms with E-state index in [1.54, 1.807) is 0 Å². The quantitative estimate of drug-likeness (QED) is 0.923. The molecule has 0 unspecified atom stereocenters. The fourth-order valence-electron chi connectivity index (χ4n) is 3.07. The smallest absolute Gasteiger partial charge is 0.273 e. The van der Waals surface area contributed by atoms with Crippen LogP contribution in [-0.2, 0) is 4.74 Å². The molecule has 1 aliphatic carbocycles. The molecular formula is C15H22N2O3. The van der Waals surface area contributed by atoms with Gasteiger partial charge in [-0.1, -0.05) is 0 Å². The van der Waals surface area contributed by atoms with Crippen molar-refractivity contribution in [3.05, 3.63) is 17.8 Å². The molecule has 5 nitrogen and oxygen atoms in total. The third-order valence-electron chi connectivity index (χ3n) is 4.14. The highest BCUT2D eigenvalue weighted by molar-refractivity contribution is 5.93.